The summed E-state index contributed by atoms with van der Waals surface area (Å²) in [5.41, 5.74) is 2.42. The summed E-state index contributed by atoms with van der Waals surface area (Å²) < 4.78 is 41.1. The fourth-order valence-corrected chi connectivity index (χ4v) is 6.25. The largest absolute Gasteiger partial charge is 0.416 e. The summed E-state index contributed by atoms with van der Waals surface area (Å²) in [5.74, 6) is -0.0197. The first-order valence-corrected chi connectivity index (χ1v) is 13.2. The summed E-state index contributed by atoms with van der Waals surface area (Å²) >= 11 is 6.08. The van der Waals surface area contributed by atoms with Crippen molar-refractivity contribution in [3.8, 4) is 0 Å². The minimum atomic E-state index is -4.47. The van der Waals surface area contributed by atoms with Crippen LogP contribution in [-0.4, -0.2) is 59.5 Å². The van der Waals surface area contributed by atoms with Crippen molar-refractivity contribution < 1.29 is 18.0 Å². The van der Waals surface area contributed by atoms with Crippen LogP contribution in [0.4, 0.5) is 18.9 Å². The number of hydrogen-bond acceptors (Lipinski definition) is 4. The van der Waals surface area contributed by atoms with E-state index < -0.39 is 11.7 Å². The van der Waals surface area contributed by atoms with E-state index in [2.05, 4.69) is 9.88 Å². The second-order valence-corrected chi connectivity index (χ2v) is 10.7. The molecule has 0 bridgehead atoms. The zero-order chi connectivity index (χ0) is 25.4. The van der Waals surface area contributed by atoms with Gasteiger partial charge in [0.2, 0.25) is 0 Å². The molecule has 5 rings (SSSR count). The standard InChI is InChI=1S/C27H32ClF3N4O/c1-18-22(26(36)35-13-4-6-21(35)17-33-10-2-3-11-33)15-32-24-7-5-12-34(25(18)24)16-19-14-20(28)8-9-23(19)27(29,30)31/h8-9,14-15,21H,2-7,10-13,16-17H2,1H3/t21-/m1/s1. The van der Waals surface area contributed by atoms with Gasteiger partial charge in [-0.05, 0) is 87.9 Å². The Morgan fingerprint density at radius 1 is 1.11 bits per heavy atom. The molecule has 2 fully saturated rings. The van der Waals surface area contributed by atoms with Gasteiger partial charge in [0.15, 0.2) is 0 Å². The molecule has 36 heavy (non-hydrogen) atoms. The maximum absolute atomic E-state index is 13.7. The Morgan fingerprint density at radius 3 is 2.64 bits per heavy atom. The molecule has 3 aliphatic rings. The minimum absolute atomic E-state index is 0.0197. The average molecular weight is 521 g/mol. The number of hydrogen-bond donors (Lipinski definition) is 0. The highest BCUT2D eigenvalue weighted by atomic mass is 35.5. The SMILES string of the molecule is Cc1c(C(=O)N2CCC[C@@H]2CN2CCCC2)cnc2c1N(Cc1cc(Cl)ccc1C(F)(F)F)CCC2. The molecule has 0 N–H and O–H groups in total. The molecule has 1 amide bonds. The molecule has 2 saturated heterocycles. The Hall–Kier alpha value is -2.32. The number of likely N-dealkylation sites (tertiary alicyclic amines) is 2. The zero-order valence-corrected chi connectivity index (χ0v) is 21.3. The lowest BCUT2D eigenvalue weighted by Gasteiger charge is -2.34. The van der Waals surface area contributed by atoms with Crippen molar-refractivity contribution in [3.63, 3.8) is 0 Å². The average Bonchev–Trinajstić information content (AvgIpc) is 3.51. The van der Waals surface area contributed by atoms with Crippen molar-refractivity contribution in [3.05, 3.63) is 57.4 Å². The lowest BCUT2D eigenvalue weighted by Crippen LogP contribution is -2.43. The van der Waals surface area contributed by atoms with Gasteiger partial charge in [0.25, 0.3) is 5.91 Å². The second kappa shape index (κ2) is 10.2. The first-order chi connectivity index (χ1) is 17.2. The van der Waals surface area contributed by atoms with Crippen molar-refractivity contribution in [2.45, 2.75) is 64.2 Å². The van der Waals surface area contributed by atoms with E-state index in [0.29, 0.717) is 12.1 Å². The molecule has 3 aliphatic heterocycles. The van der Waals surface area contributed by atoms with Gasteiger partial charge in [-0.15, -0.1) is 0 Å². The van der Waals surface area contributed by atoms with E-state index in [1.165, 1.54) is 25.0 Å². The molecule has 194 valence electrons. The number of alkyl halides is 3. The molecule has 9 heteroatoms. The Labute approximate surface area is 215 Å². The molecule has 0 spiro atoms. The maximum atomic E-state index is 13.7. The van der Waals surface area contributed by atoms with Gasteiger partial charge in [0, 0.05) is 43.4 Å². The smallest absolute Gasteiger partial charge is 0.365 e. The third kappa shape index (κ3) is 5.07. The van der Waals surface area contributed by atoms with Gasteiger partial charge in [-0.2, -0.15) is 13.2 Å². The van der Waals surface area contributed by atoms with Gasteiger partial charge in [-0.25, -0.2) is 0 Å². The molecule has 0 radical (unpaired) electrons. The van der Waals surface area contributed by atoms with Crippen LogP contribution in [0, 0.1) is 6.92 Å². The van der Waals surface area contributed by atoms with Gasteiger partial charge in [-0.3, -0.25) is 9.78 Å². The number of halogens is 4. The topological polar surface area (TPSA) is 39.7 Å². The van der Waals surface area contributed by atoms with Crippen LogP contribution in [-0.2, 0) is 19.1 Å². The summed E-state index contributed by atoms with van der Waals surface area (Å²) in [7, 11) is 0. The first kappa shape index (κ1) is 25.3. The number of pyridine rings is 1. The predicted octanol–water partition coefficient (Wildman–Crippen LogP) is 5.72. The van der Waals surface area contributed by atoms with Gasteiger partial charge in [0.1, 0.15) is 0 Å². The van der Waals surface area contributed by atoms with Crippen LogP contribution in [0.15, 0.2) is 24.4 Å². The highest BCUT2D eigenvalue weighted by Crippen LogP contribution is 2.37. The van der Waals surface area contributed by atoms with Crippen LogP contribution >= 0.6 is 11.6 Å². The number of aromatic nitrogens is 1. The molecule has 4 heterocycles. The van der Waals surface area contributed by atoms with Crippen molar-refractivity contribution in [1.29, 1.82) is 0 Å². The van der Waals surface area contributed by atoms with Crippen molar-refractivity contribution >= 4 is 23.2 Å². The number of anilines is 1. The maximum Gasteiger partial charge on any atom is 0.416 e. The molecule has 1 aromatic heterocycles. The zero-order valence-electron chi connectivity index (χ0n) is 20.6. The summed E-state index contributed by atoms with van der Waals surface area (Å²) in [6.45, 7) is 6.38. The van der Waals surface area contributed by atoms with Gasteiger partial charge < -0.3 is 14.7 Å². The van der Waals surface area contributed by atoms with Gasteiger partial charge >= 0.3 is 6.18 Å². The molecule has 0 saturated carbocycles. The van der Waals surface area contributed by atoms with Crippen molar-refractivity contribution in [1.82, 2.24) is 14.8 Å². The Kier molecular flexibility index (Phi) is 7.18. The summed E-state index contributed by atoms with van der Waals surface area (Å²) in [6, 6.07) is 3.91. The summed E-state index contributed by atoms with van der Waals surface area (Å²) in [6.07, 6.45) is 3.15. The van der Waals surface area contributed by atoms with E-state index in [9.17, 15) is 18.0 Å². The monoisotopic (exact) mass is 520 g/mol. The van der Waals surface area contributed by atoms with Gasteiger partial charge in [0.05, 0.1) is 22.5 Å². The fraction of sp³-hybridized carbons (Fsp3) is 0.556. The van der Waals surface area contributed by atoms with E-state index in [-0.39, 0.29) is 29.1 Å². The highest BCUT2D eigenvalue weighted by Gasteiger charge is 2.36. The van der Waals surface area contributed by atoms with E-state index in [1.54, 1.807) is 6.20 Å². The number of nitrogens with zero attached hydrogens (tertiary/aromatic N) is 4. The Bertz CT molecular complexity index is 1130. The number of fused-ring (bicyclic) bond motifs is 1. The number of rotatable bonds is 5. The normalized spacial score (nSPS) is 20.8. The van der Waals surface area contributed by atoms with E-state index in [0.717, 1.165) is 74.9 Å². The third-order valence-electron chi connectivity index (χ3n) is 7.81. The van der Waals surface area contributed by atoms with Crippen molar-refractivity contribution in [2.24, 2.45) is 0 Å². The minimum Gasteiger partial charge on any atom is -0.365 e. The second-order valence-electron chi connectivity index (χ2n) is 10.2. The summed E-state index contributed by atoms with van der Waals surface area (Å²) in [5, 5.41) is 0.270. The Balaban J connectivity index is 1.43. The lowest BCUT2D eigenvalue weighted by atomic mass is 9.98. The van der Waals surface area contributed by atoms with Crippen LogP contribution in [0.1, 0.15) is 64.8 Å². The van der Waals surface area contributed by atoms with Crippen LogP contribution < -0.4 is 4.90 Å². The number of carbonyl (C=O) groups is 1. The molecule has 0 aliphatic carbocycles. The van der Waals surface area contributed by atoms with Crippen molar-refractivity contribution in [2.75, 3.05) is 37.6 Å². The predicted molar refractivity (Wildman–Crippen MR) is 135 cm³/mol. The molecule has 1 atom stereocenters. The number of aryl methyl sites for hydroxylation is 1. The van der Waals surface area contributed by atoms with Crippen LogP contribution in [0.25, 0.3) is 0 Å². The highest BCUT2D eigenvalue weighted by molar-refractivity contribution is 6.30. The molecule has 5 nitrogen and oxygen atoms in total. The summed E-state index contributed by atoms with van der Waals surface area (Å²) in [4.78, 5) is 24.7. The molecule has 1 aromatic carbocycles. The van der Waals surface area contributed by atoms with Crippen LogP contribution in [0.5, 0.6) is 0 Å². The van der Waals surface area contributed by atoms with Gasteiger partial charge in [-0.1, -0.05) is 11.6 Å². The van der Waals surface area contributed by atoms with Crippen LogP contribution in [0.3, 0.4) is 0 Å². The van der Waals surface area contributed by atoms with E-state index >= 15 is 0 Å². The number of carbonyl (C=O) groups excluding carboxylic acids is 1. The third-order valence-corrected chi connectivity index (χ3v) is 8.04. The molecular formula is C27H32ClF3N4O. The first-order valence-electron chi connectivity index (χ1n) is 12.8. The number of benzene rings is 1. The quantitative estimate of drug-likeness (QED) is 0.506. The fourth-order valence-electron chi connectivity index (χ4n) is 6.06. The van der Waals surface area contributed by atoms with E-state index in [4.69, 9.17) is 11.6 Å². The Morgan fingerprint density at radius 2 is 1.89 bits per heavy atom. The molecule has 0 unspecified atom stereocenters. The lowest BCUT2D eigenvalue weighted by molar-refractivity contribution is -0.138. The van der Waals surface area contributed by atoms with Crippen LogP contribution in [0.2, 0.25) is 5.02 Å². The van der Waals surface area contributed by atoms with E-state index in [1.807, 2.05) is 16.7 Å². The molecular weight excluding hydrogens is 489 g/mol. The molecule has 2 aromatic rings. The number of amides is 1.